The quantitative estimate of drug-likeness (QED) is 0.0462. The maximum Gasteiger partial charge on any atom is 0.401 e. The Bertz CT molecular complexity index is 567. The Kier molecular flexibility index (Phi) is 19.1. The van der Waals surface area contributed by atoms with Crippen molar-refractivity contribution in [3.05, 3.63) is 12.2 Å². The molecule has 0 fully saturated rings. The van der Waals surface area contributed by atoms with Gasteiger partial charge in [0, 0.05) is 12.8 Å². The lowest BCUT2D eigenvalue weighted by atomic mass is 10.0. The monoisotopic (exact) mass is 493 g/mol. The fourth-order valence-electron chi connectivity index (χ4n) is 3.58. The highest BCUT2D eigenvalue weighted by Crippen LogP contribution is 2.30. The first-order chi connectivity index (χ1) is 15.7. The number of unbranched alkanes of at least 4 members (excludes halogenated alkanes) is 12. The van der Waals surface area contributed by atoms with Gasteiger partial charge in [-0.15, -0.1) is 0 Å². The Morgan fingerprint density at radius 2 is 1.39 bits per heavy atom. The van der Waals surface area contributed by atoms with Gasteiger partial charge in [-0.3, -0.25) is 4.79 Å². The highest BCUT2D eigenvalue weighted by molar-refractivity contribution is 7.49. The first-order valence-corrected chi connectivity index (χ1v) is 14.3. The summed E-state index contributed by atoms with van der Waals surface area (Å²) in [7, 11) is -4.72. The smallest absolute Gasteiger partial charge is 0.401 e. The van der Waals surface area contributed by atoms with E-state index in [-0.39, 0.29) is 12.8 Å². The second-order valence-electron chi connectivity index (χ2n) is 8.82. The number of aliphatic hydroxyl groups excluding tert-OH is 1. The summed E-state index contributed by atoms with van der Waals surface area (Å²) >= 11 is 0. The zero-order chi connectivity index (χ0) is 25.0. The maximum absolute atomic E-state index is 12.0. The van der Waals surface area contributed by atoms with Crippen LogP contribution >= 0.6 is 7.75 Å². The van der Waals surface area contributed by atoms with E-state index in [0.29, 0.717) is 6.42 Å². The third kappa shape index (κ3) is 19.3. The first kappa shape index (κ1) is 32.2. The molecule has 0 bridgehead atoms. The largest absolute Gasteiger partial charge is 0.432 e. The molecule has 0 aliphatic heterocycles. The van der Waals surface area contributed by atoms with E-state index < -0.39 is 32.2 Å². The highest BCUT2D eigenvalue weighted by Gasteiger charge is 2.34. The van der Waals surface area contributed by atoms with E-state index in [1.165, 1.54) is 57.8 Å². The van der Waals surface area contributed by atoms with Gasteiger partial charge in [-0.1, -0.05) is 83.8 Å². The molecule has 5 N–H and O–H groups in total. The van der Waals surface area contributed by atoms with Crippen molar-refractivity contribution in [2.24, 2.45) is 0 Å². The van der Waals surface area contributed by atoms with Crippen molar-refractivity contribution in [2.45, 2.75) is 128 Å². The lowest BCUT2D eigenvalue weighted by molar-refractivity contribution is -0.216. The number of ether oxygens (including phenoxy) is 1. The summed E-state index contributed by atoms with van der Waals surface area (Å²) < 4.78 is 16.0. The summed E-state index contributed by atoms with van der Waals surface area (Å²) in [5, 5.41) is 21.4. The molecule has 0 saturated carbocycles. The standard InChI is InChI=1S/C24H48NO7P/c1-3-5-6-7-8-9-10-11-12-13-14-15-16-17-18-19-20-24(28,4-2)32-23(27)22(21-26)25-33(29,30)31/h11-12,22,26,28H,3-10,13-21H2,1-2H3,(H3,25,29,30,31)/b12-11-/t22-,24?/m0/s1. The molecule has 0 amide bonds. The van der Waals surface area contributed by atoms with Gasteiger partial charge in [-0.2, -0.15) is 0 Å². The van der Waals surface area contributed by atoms with Crippen molar-refractivity contribution in [2.75, 3.05) is 6.61 Å². The summed E-state index contributed by atoms with van der Waals surface area (Å²) in [5.41, 5.74) is 0. The lowest BCUT2D eigenvalue weighted by Crippen LogP contribution is -2.44. The van der Waals surface area contributed by atoms with Gasteiger partial charge in [0.05, 0.1) is 6.61 Å². The van der Waals surface area contributed by atoms with Gasteiger partial charge < -0.3 is 24.7 Å². The minimum absolute atomic E-state index is 0.151. The van der Waals surface area contributed by atoms with Crippen molar-refractivity contribution in [1.82, 2.24) is 5.09 Å². The van der Waals surface area contributed by atoms with E-state index in [4.69, 9.17) is 19.6 Å². The molecule has 0 saturated heterocycles. The molecule has 9 heteroatoms. The Hall–Kier alpha value is -0.760. The second-order valence-corrected chi connectivity index (χ2v) is 10.2. The molecule has 0 aromatic rings. The number of nitrogens with one attached hydrogen (secondary N) is 1. The minimum Gasteiger partial charge on any atom is -0.432 e. The molecule has 33 heavy (non-hydrogen) atoms. The Morgan fingerprint density at radius 3 is 1.85 bits per heavy atom. The predicted molar refractivity (Wildman–Crippen MR) is 131 cm³/mol. The summed E-state index contributed by atoms with van der Waals surface area (Å²) in [4.78, 5) is 29.8. The van der Waals surface area contributed by atoms with Crippen LogP contribution in [0.5, 0.6) is 0 Å². The van der Waals surface area contributed by atoms with Crippen molar-refractivity contribution in [1.29, 1.82) is 0 Å². The van der Waals surface area contributed by atoms with Gasteiger partial charge in [-0.25, -0.2) is 9.65 Å². The zero-order valence-corrected chi connectivity index (χ0v) is 21.6. The third-order valence-corrected chi connectivity index (χ3v) is 6.36. The molecule has 0 spiro atoms. The zero-order valence-electron chi connectivity index (χ0n) is 20.7. The minimum atomic E-state index is -4.72. The van der Waals surface area contributed by atoms with Crippen LogP contribution in [-0.4, -0.2) is 44.4 Å². The number of aliphatic hydroxyl groups is 2. The molecule has 0 aliphatic rings. The van der Waals surface area contributed by atoms with Crippen molar-refractivity contribution >= 4 is 13.7 Å². The van der Waals surface area contributed by atoms with Crippen LogP contribution in [0.2, 0.25) is 0 Å². The van der Waals surface area contributed by atoms with Crippen LogP contribution < -0.4 is 5.09 Å². The van der Waals surface area contributed by atoms with E-state index >= 15 is 0 Å². The fraction of sp³-hybridized carbons (Fsp3) is 0.875. The molecule has 0 radical (unpaired) electrons. The average molecular weight is 494 g/mol. The Morgan fingerprint density at radius 1 is 0.909 bits per heavy atom. The molecule has 196 valence electrons. The van der Waals surface area contributed by atoms with E-state index in [9.17, 15) is 14.5 Å². The van der Waals surface area contributed by atoms with Gasteiger partial charge >= 0.3 is 13.7 Å². The van der Waals surface area contributed by atoms with Gasteiger partial charge in [0.15, 0.2) is 0 Å². The van der Waals surface area contributed by atoms with Gasteiger partial charge in [0.2, 0.25) is 5.79 Å². The molecular formula is C24H48NO7P. The number of carbonyl (C=O) groups is 1. The van der Waals surface area contributed by atoms with Gasteiger partial charge in [0.25, 0.3) is 0 Å². The molecule has 8 nitrogen and oxygen atoms in total. The van der Waals surface area contributed by atoms with Crippen LogP contribution in [-0.2, 0) is 14.1 Å². The summed E-state index contributed by atoms with van der Waals surface area (Å²) in [6.07, 6.45) is 21.4. The van der Waals surface area contributed by atoms with Gasteiger partial charge in [0.1, 0.15) is 6.04 Å². The van der Waals surface area contributed by atoms with E-state index in [0.717, 1.165) is 25.7 Å². The highest BCUT2D eigenvalue weighted by atomic mass is 31.2. The van der Waals surface area contributed by atoms with Crippen LogP contribution in [0.1, 0.15) is 117 Å². The molecular weight excluding hydrogens is 445 g/mol. The topological polar surface area (TPSA) is 136 Å². The summed E-state index contributed by atoms with van der Waals surface area (Å²) in [6.45, 7) is 3.06. The molecule has 2 atom stereocenters. The number of esters is 1. The number of allylic oxidation sites excluding steroid dienone is 2. The number of carbonyl (C=O) groups excluding carboxylic acids is 1. The molecule has 0 rings (SSSR count). The second kappa shape index (κ2) is 19.5. The van der Waals surface area contributed by atoms with E-state index in [1.54, 1.807) is 12.0 Å². The van der Waals surface area contributed by atoms with Crippen LogP contribution in [0, 0.1) is 0 Å². The third-order valence-electron chi connectivity index (χ3n) is 5.71. The SMILES string of the molecule is CCCCCCCC/C=C\CCCCCCCCC(O)(CC)OC(=O)[C@H](CO)NP(=O)(O)O. The summed E-state index contributed by atoms with van der Waals surface area (Å²) in [5.74, 6) is -2.79. The first-order valence-electron chi connectivity index (χ1n) is 12.7. The maximum atomic E-state index is 12.0. The van der Waals surface area contributed by atoms with Crippen molar-refractivity contribution < 1.29 is 34.1 Å². The van der Waals surface area contributed by atoms with Crippen molar-refractivity contribution in [3.63, 3.8) is 0 Å². The van der Waals surface area contributed by atoms with Crippen molar-refractivity contribution in [3.8, 4) is 0 Å². The van der Waals surface area contributed by atoms with Crippen LogP contribution in [0.15, 0.2) is 12.2 Å². The molecule has 0 heterocycles. The molecule has 1 unspecified atom stereocenters. The normalized spacial score (nSPS) is 15.0. The lowest BCUT2D eigenvalue weighted by Gasteiger charge is -2.28. The van der Waals surface area contributed by atoms with Crippen LogP contribution in [0.4, 0.5) is 0 Å². The number of hydrogen-bond donors (Lipinski definition) is 5. The average Bonchev–Trinajstić information content (AvgIpc) is 2.76. The van der Waals surface area contributed by atoms with Crippen LogP contribution in [0.25, 0.3) is 0 Å². The summed E-state index contributed by atoms with van der Waals surface area (Å²) in [6, 6.07) is -1.59. The van der Waals surface area contributed by atoms with Gasteiger partial charge in [-0.05, 0) is 32.1 Å². The Balaban J connectivity index is 3.86. The number of hydrogen-bond acceptors (Lipinski definition) is 5. The molecule has 0 aromatic carbocycles. The van der Waals surface area contributed by atoms with E-state index in [1.807, 2.05) is 0 Å². The predicted octanol–water partition coefficient (Wildman–Crippen LogP) is 5.10. The molecule has 0 aliphatic carbocycles. The fourth-order valence-corrected chi connectivity index (χ4v) is 4.17. The van der Waals surface area contributed by atoms with E-state index in [2.05, 4.69) is 19.1 Å². The Labute approximate surface area is 200 Å². The van der Waals surface area contributed by atoms with Crippen LogP contribution in [0.3, 0.4) is 0 Å². The molecule has 0 aromatic heterocycles. The number of rotatable bonds is 22.